The van der Waals surface area contributed by atoms with E-state index >= 15 is 0 Å². The first-order chi connectivity index (χ1) is 15.8. The summed E-state index contributed by atoms with van der Waals surface area (Å²) in [5.74, 6) is 0.260. The number of carboxylic acid groups (broad SMARTS) is 1. The summed E-state index contributed by atoms with van der Waals surface area (Å²) in [7, 11) is 0. The van der Waals surface area contributed by atoms with E-state index in [0.717, 1.165) is 49.4 Å². The van der Waals surface area contributed by atoms with Crippen molar-refractivity contribution in [3.05, 3.63) is 83.2 Å². The number of carboxylic acids is 1. The van der Waals surface area contributed by atoms with Crippen molar-refractivity contribution in [1.82, 2.24) is 9.97 Å². The molecule has 6 heteroatoms. The average Bonchev–Trinajstić information content (AvgIpc) is 2.83. The summed E-state index contributed by atoms with van der Waals surface area (Å²) in [5, 5.41) is 9.25. The van der Waals surface area contributed by atoms with Crippen LogP contribution in [-0.2, 0) is 30.6 Å². The third kappa shape index (κ3) is 6.78. The van der Waals surface area contributed by atoms with E-state index in [1.165, 1.54) is 25.0 Å². The summed E-state index contributed by atoms with van der Waals surface area (Å²) >= 11 is 0. The topological polar surface area (TPSA) is 75.5 Å². The van der Waals surface area contributed by atoms with Crippen LogP contribution in [0.3, 0.4) is 0 Å². The van der Waals surface area contributed by atoms with E-state index < -0.39 is 11.6 Å². The maximum Gasteiger partial charge on any atom is 0.347 e. The van der Waals surface area contributed by atoms with Crippen molar-refractivity contribution in [2.75, 3.05) is 11.4 Å². The molecule has 0 aliphatic rings. The van der Waals surface area contributed by atoms with Gasteiger partial charge in [0, 0.05) is 25.5 Å². The summed E-state index contributed by atoms with van der Waals surface area (Å²) in [5.41, 5.74) is 3.52. The Morgan fingerprint density at radius 3 is 1.97 bits per heavy atom. The zero-order valence-corrected chi connectivity index (χ0v) is 19.9. The van der Waals surface area contributed by atoms with Gasteiger partial charge in [-0.25, -0.2) is 14.8 Å². The number of aromatic nitrogens is 2. The minimum atomic E-state index is -1.27. The minimum absolute atomic E-state index is 0.539. The number of hydrogen-bond acceptors (Lipinski definition) is 5. The molecule has 0 amide bonds. The minimum Gasteiger partial charge on any atom is -0.478 e. The maximum atomic E-state index is 11.3. The molecule has 174 valence electrons. The molecule has 33 heavy (non-hydrogen) atoms. The summed E-state index contributed by atoms with van der Waals surface area (Å²) in [4.78, 5) is 22.7. The first kappa shape index (κ1) is 24.2. The number of carbonyl (C=O) groups is 1. The van der Waals surface area contributed by atoms with E-state index in [2.05, 4.69) is 53.0 Å². The van der Waals surface area contributed by atoms with E-state index in [0.29, 0.717) is 5.75 Å². The summed E-state index contributed by atoms with van der Waals surface area (Å²) in [6, 6.07) is 16.3. The Hall–Kier alpha value is -3.41. The quantitative estimate of drug-likeness (QED) is 0.441. The summed E-state index contributed by atoms with van der Waals surface area (Å²) < 4.78 is 5.60. The zero-order chi connectivity index (χ0) is 23.8. The van der Waals surface area contributed by atoms with E-state index in [4.69, 9.17) is 4.74 Å². The van der Waals surface area contributed by atoms with Crippen molar-refractivity contribution >= 4 is 11.9 Å². The van der Waals surface area contributed by atoms with E-state index in [1.807, 2.05) is 36.7 Å². The Bertz CT molecular complexity index is 1030. The number of aryl methyl sites for hydroxylation is 2. The summed E-state index contributed by atoms with van der Waals surface area (Å²) in [6.07, 6.45) is 6.52. The van der Waals surface area contributed by atoms with E-state index in [9.17, 15) is 9.90 Å². The lowest BCUT2D eigenvalue weighted by Gasteiger charge is -2.23. The molecule has 0 spiro atoms. The number of aliphatic carboxylic acids is 1. The maximum absolute atomic E-state index is 11.3. The lowest BCUT2D eigenvalue weighted by atomic mass is 10.1. The van der Waals surface area contributed by atoms with Gasteiger partial charge in [0.1, 0.15) is 5.75 Å². The Balaban J connectivity index is 1.71. The van der Waals surface area contributed by atoms with Crippen molar-refractivity contribution in [1.29, 1.82) is 0 Å². The monoisotopic (exact) mass is 447 g/mol. The Kier molecular flexibility index (Phi) is 8.04. The molecule has 1 heterocycles. The molecule has 0 saturated carbocycles. The predicted molar refractivity (Wildman–Crippen MR) is 131 cm³/mol. The smallest absolute Gasteiger partial charge is 0.347 e. The third-order valence-electron chi connectivity index (χ3n) is 5.67. The van der Waals surface area contributed by atoms with Gasteiger partial charge < -0.3 is 14.7 Å². The Morgan fingerprint density at radius 1 is 0.879 bits per heavy atom. The van der Waals surface area contributed by atoms with E-state index in [1.54, 1.807) is 0 Å². The molecule has 0 radical (unpaired) electrons. The van der Waals surface area contributed by atoms with Gasteiger partial charge in [-0.1, -0.05) is 50.2 Å². The number of rotatable bonds is 11. The second-order valence-electron chi connectivity index (χ2n) is 8.65. The van der Waals surface area contributed by atoms with Gasteiger partial charge in [-0.05, 0) is 67.5 Å². The van der Waals surface area contributed by atoms with Gasteiger partial charge in [0.25, 0.3) is 0 Å². The number of benzene rings is 2. The van der Waals surface area contributed by atoms with Crippen LogP contribution in [0.4, 0.5) is 5.95 Å². The molecule has 3 rings (SSSR count). The van der Waals surface area contributed by atoms with Gasteiger partial charge in [0.05, 0.1) is 0 Å². The van der Waals surface area contributed by atoms with Crippen LogP contribution in [0.2, 0.25) is 0 Å². The van der Waals surface area contributed by atoms with Crippen LogP contribution in [0.5, 0.6) is 5.75 Å². The lowest BCUT2D eigenvalue weighted by Crippen LogP contribution is -2.37. The van der Waals surface area contributed by atoms with Crippen molar-refractivity contribution < 1.29 is 14.6 Å². The number of anilines is 1. The fraction of sp³-hybridized carbons (Fsp3) is 0.370. The molecule has 2 aromatic carbocycles. The molecule has 0 aliphatic carbocycles. The van der Waals surface area contributed by atoms with Crippen LogP contribution >= 0.6 is 0 Å². The van der Waals surface area contributed by atoms with Crippen molar-refractivity contribution in [3.8, 4) is 5.75 Å². The highest BCUT2D eigenvalue weighted by molar-refractivity contribution is 5.76. The number of nitrogens with zero attached hydrogens (tertiary/aromatic N) is 3. The van der Waals surface area contributed by atoms with Gasteiger partial charge >= 0.3 is 5.97 Å². The first-order valence-electron chi connectivity index (χ1n) is 11.5. The molecule has 6 nitrogen and oxygen atoms in total. The van der Waals surface area contributed by atoms with Gasteiger partial charge in [-0.3, -0.25) is 0 Å². The lowest BCUT2D eigenvalue weighted by molar-refractivity contribution is -0.152. The first-order valence-corrected chi connectivity index (χ1v) is 11.5. The number of hydrogen-bond donors (Lipinski definition) is 1. The molecule has 0 aliphatic heterocycles. The third-order valence-corrected chi connectivity index (χ3v) is 5.67. The molecule has 1 aromatic heterocycles. The fourth-order valence-corrected chi connectivity index (χ4v) is 3.37. The Morgan fingerprint density at radius 2 is 1.42 bits per heavy atom. The fourth-order valence-electron chi connectivity index (χ4n) is 3.37. The molecule has 3 aromatic rings. The van der Waals surface area contributed by atoms with Crippen LogP contribution < -0.4 is 9.64 Å². The molecule has 0 bridgehead atoms. The highest BCUT2D eigenvalue weighted by Gasteiger charge is 2.29. The zero-order valence-electron chi connectivity index (χ0n) is 19.9. The van der Waals surface area contributed by atoms with Gasteiger partial charge in [-0.15, -0.1) is 0 Å². The molecule has 0 atom stereocenters. The van der Waals surface area contributed by atoms with Crippen molar-refractivity contribution in [3.63, 3.8) is 0 Å². The highest BCUT2D eigenvalue weighted by atomic mass is 16.5. The van der Waals surface area contributed by atoms with Crippen LogP contribution in [-0.4, -0.2) is 33.2 Å². The second kappa shape index (κ2) is 10.9. The van der Waals surface area contributed by atoms with Gasteiger partial charge in [-0.2, -0.15) is 0 Å². The SMILES string of the molecule is CCc1ccc(CN(CCc2ccc(OC(C)(C)C(=O)O)cc2)c2ncc(CC)cn2)cc1. The van der Waals surface area contributed by atoms with Crippen LogP contribution in [0, 0.1) is 0 Å². The molecule has 0 saturated heterocycles. The van der Waals surface area contributed by atoms with Gasteiger partial charge in [0.15, 0.2) is 5.60 Å². The normalized spacial score (nSPS) is 11.3. The summed E-state index contributed by atoms with van der Waals surface area (Å²) in [6.45, 7) is 8.81. The van der Waals surface area contributed by atoms with Crippen molar-refractivity contribution in [2.45, 2.75) is 59.1 Å². The predicted octanol–water partition coefficient (Wildman–Crippen LogP) is 5.09. The standard InChI is InChI=1S/C27H33N3O3/c1-5-20-7-9-23(10-8-20)19-30(26-28-17-21(6-2)18-29-26)16-15-22-11-13-24(14-12-22)33-27(3,4)25(31)32/h7-14,17-18H,5-6,15-16,19H2,1-4H3,(H,31,32). The van der Waals surface area contributed by atoms with Crippen LogP contribution in [0.25, 0.3) is 0 Å². The van der Waals surface area contributed by atoms with Crippen molar-refractivity contribution in [2.24, 2.45) is 0 Å². The molecule has 1 N–H and O–H groups in total. The molecular weight excluding hydrogens is 414 g/mol. The van der Waals surface area contributed by atoms with Gasteiger partial charge in [0.2, 0.25) is 5.95 Å². The molecule has 0 unspecified atom stereocenters. The second-order valence-corrected chi connectivity index (χ2v) is 8.65. The molecule has 0 fully saturated rings. The van der Waals surface area contributed by atoms with E-state index in [-0.39, 0.29) is 0 Å². The highest BCUT2D eigenvalue weighted by Crippen LogP contribution is 2.20. The number of ether oxygens (including phenoxy) is 1. The molecular formula is C27H33N3O3. The average molecular weight is 448 g/mol. The van der Waals surface area contributed by atoms with Crippen LogP contribution in [0.1, 0.15) is 49.9 Å². The largest absolute Gasteiger partial charge is 0.478 e. The van der Waals surface area contributed by atoms with Crippen LogP contribution in [0.15, 0.2) is 60.9 Å². The Labute approximate surface area is 196 Å².